The molecular weight excluding hydrogens is 228 g/mol. The molecule has 2 aliphatic carbocycles. The van der Waals surface area contributed by atoms with Gasteiger partial charge in [0, 0.05) is 0 Å². The van der Waals surface area contributed by atoms with Crippen LogP contribution in [-0.2, 0) is 0 Å². The molecule has 0 amide bonds. The van der Waals surface area contributed by atoms with Crippen molar-refractivity contribution in [2.24, 2.45) is 0 Å². The minimum Gasteiger partial charge on any atom is -0.103 e. The molecule has 0 saturated heterocycles. The summed E-state index contributed by atoms with van der Waals surface area (Å²) in [5, 5.41) is 0. The minimum atomic E-state index is 1.13. The lowest BCUT2D eigenvalue weighted by Gasteiger charge is -2.17. The third kappa shape index (κ3) is 4.53. The molecule has 0 aromatic rings. The Hall–Kier alpha value is -1.04. The average Bonchev–Trinajstić information content (AvgIpc) is 2.58. The summed E-state index contributed by atoms with van der Waals surface area (Å²) in [4.78, 5) is 0. The van der Waals surface area contributed by atoms with Gasteiger partial charge in [-0.1, -0.05) is 48.3 Å². The summed E-state index contributed by atoms with van der Waals surface area (Å²) < 4.78 is 0. The van der Waals surface area contributed by atoms with E-state index in [9.17, 15) is 0 Å². The van der Waals surface area contributed by atoms with Gasteiger partial charge in [0.05, 0.1) is 0 Å². The summed E-state index contributed by atoms with van der Waals surface area (Å²) in [5.74, 6) is 0. The van der Waals surface area contributed by atoms with Crippen molar-refractivity contribution in [1.82, 2.24) is 0 Å². The zero-order valence-corrected chi connectivity index (χ0v) is 13.3. The maximum absolute atomic E-state index is 3.83. The van der Waals surface area contributed by atoms with E-state index in [-0.39, 0.29) is 0 Å². The van der Waals surface area contributed by atoms with Crippen molar-refractivity contribution in [3.63, 3.8) is 0 Å². The van der Waals surface area contributed by atoms with E-state index in [2.05, 4.69) is 26.5 Å². The maximum atomic E-state index is 3.83. The highest BCUT2D eigenvalue weighted by molar-refractivity contribution is 5.38. The van der Waals surface area contributed by atoms with Crippen LogP contribution in [0.25, 0.3) is 0 Å². The lowest BCUT2D eigenvalue weighted by atomic mass is 9.89. The summed E-state index contributed by atoms with van der Waals surface area (Å²) in [5.41, 5.74) is 8.23. The quantitative estimate of drug-likeness (QED) is 0.506. The predicted octanol–water partition coefficient (Wildman–Crippen LogP) is 6.52. The van der Waals surface area contributed by atoms with Gasteiger partial charge in [0.1, 0.15) is 0 Å². The standard InChI is InChI=1S/C17H24.C2H6/c1-4-5-6-15-9-10-16-11-13(2)7-8-17(16)12-14(15)3;1-2/h4,11H,1,5-10,12H2,2-3H3;1-2H3. The van der Waals surface area contributed by atoms with Crippen LogP contribution in [0.4, 0.5) is 0 Å². The molecule has 0 aromatic heterocycles. The molecule has 0 aliphatic heterocycles. The number of allylic oxidation sites excluding steroid dienone is 7. The highest BCUT2D eigenvalue weighted by Gasteiger charge is 2.17. The maximum Gasteiger partial charge on any atom is -0.0103 e. The van der Waals surface area contributed by atoms with E-state index >= 15 is 0 Å². The fourth-order valence-corrected chi connectivity index (χ4v) is 2.99. The van der Waals surface area contributed by atoms with Gasteiger partial charge in [-0.3, -0.25) is 0 Å². The van der Waals surface area contributed by atoms with E-state index in [1.165, 1.54) is 38.5 Å². The second-order valence-corrected chi connectivity index (χ2v) is 5.51. The van der Waals surface area contributed by atoms with Crippen molar-refractivity contribution in [2.45, 2.75) is 72.6 Å². The summed E-state index contributed by atoms with van der Waals surface area (Å²) in [7, 11) is 0. The number of rotatable bonds is 3. The molecule has 0 heterocycles. The number of hydrogen-bond donors (Lipinski definition) is 0. The first-order valence-electron chi connectivity index (χ1n) is 7.87. The second-order valence-electron chi connectivity index (χ2n) is 5.51. The Morgan fingerprint density at radius 3 is 2.53 bits per heavy atom. The summed E-state index contributed by atoms with van der Waals surface area (Å²) in [6.07, 6.45) is 13.2. The van der Waals surface area contributed by atoms with Crippen molar-refractivity contribution in [3.8, 4) is 0 Å². The highest BCUT2D eigenvalue weighted by Crippen LogP contribution is 2.36. The second kappa shape index (κ2) is 8.19. The summed E-state index contributed by atoms with van der Waals surface area (Å²) in [6, 6.07) is 0. The number of hydrogen-bond acceptors (Lipinski definition) is 0. The molecule has 0 spiro atoms. The summed E-state index contributed by atoms with van der Waals surface area (Å²) in [6.45, 7) is 12.4. The van der Waals surface area contributed by atoms with Crippen LogP contribution in [0.5, 0.6) is 0 Å². The van der Waals surface area contributed by atoms with Crippen LogP contribution in [0, 0.1) is 0 Å². The molecule has 19 heavy (non-hydrogen) atoms. The molecule has 2 aliphatic rings. The summed E-state index contributed by atoms with van der Waals surface area (Å²) >= 11 is 0. The van der Waals surface area contributed by atoms with Gasteiger partial charge in [0.15, 0.2) is 0 Å². The van der Waals surface area contributed by atoms with E-state index in [0.717, 1.165) is 6.42 Å². The molecule has 0 radical (unpaired) electrons. The van der Waals surface area contributed by atoms with E-state index in [0.29, 0.717) is 0 Å². The van der Waals surface area contributed by atoms with Gasteiger partial charge in [-0.15, -0.1) is 6.58 Å². The Morgan fingerprint density at radius 2 is 1.84 bits per heavy atom. The van der Waals surface area contributed by atoms with E-state index < -0.39 is 0 Å². The Labute approximate surface area is 120 Å². The zero-order valence-electron chi connectivity index (χ0n) is 13.3. The first-order valence-corrected chi connectivity index (χ1v) is 7.87. The topological polar surface area (TPSA) is 0 Å². The monoisotopic (exact) mass is 258 g/mol. The molecule has 0 heteroatoms. The van der Waals surface area contributed by atoms with Gasteiger partial charge < -0.3 is 0 Å². The van der Waals surface area contributed by atoms with Gasteiger partial charge in [-0.25, -0.2) is 0 Å². The van der Waals surface area contributed by atoms with Crippen LogP contribution >= 0.6 is 0 Å². The molecule has 0 N–H and O–H groups in total. The van der Waals surface area contributed by atoms with E-state index in [1.807, 2.05) is 19.9 Å². The van der Waals surface area contributed by atoms with Gasteiger partial charge in [-0.2, -0.15) is 0 Å². The van der Waals surface area contributed by atoms with Crippen LogP contribution in [0.3, 0.4) is 0 Å². The predicted molar refractivity (Wildman–Crippen MR) is 87.3 cm³/mol. The van der Waals surface area contributed by atoms with Crippen LogP contribution in [0.15, 0.2) is 46.6 Å². The molecule has 0 bridgehead atoms. The lowest BCUT2D eigenvalue weighted by molar-refractivity contribution is 0.826. The smallest absolute Gasteiger partial charge is 0.0103 e. The van der Waals surface area contributed by atoms with Gasteiger partial charge in [0.25, 0.3) is 0 Å². The highest BCUT2D eigenvalue weighted by atomic mass is 14.2. The molecule has 106 valence electrons. The normalized spacial score (nSPS) is 19.1. The Morgan fingerprint density at radius 1 is 1.11 bits per heavy atom. The van der Waals surface area contributed by atoms with Gasteiger partial charge in [0.2, 0.25) is 0 Å². The lowest BCUT2D eigenvalue weighted by Crippen LogP contribution is -1.97. The molecular formula is C19H30. The molecule has 0 unspecified atom stereocenters. The molecule has 0 nitrogen and oxygen atoms in total. The van der Waals surface area contributed by atoms with Crippen molar-refractivity contribution >= 4 is 0 Å². The van der Waals surface area contributed by atoms with Crippen LogP contribution in [0.2, 0.25) is 0 Å². The third-order valence-electron chi connectivity index (χ3n) is 4.12. The fourth-order valence-electron chi connectivity index (χ4n) is 2.99. The van der Waals surface area contributed by atoms with Crippen molar-refractivity contribution in [1.29, 1.82) is 0 Å². The van der Waals surface area contributed by atoms with Crippen LogP contribution in [0.1, 0.15) is 72.6 Å². The Balaban J connectivity index is 0.000000861. The van der Waals surface area contributed by atoms with Crippen molar-refractivity contribution < 1.29 is 0 Å². The van der Waals surface area contributed by atoms with Gasteiger partial charge in [-0.05, 0) is 64.4 Å². The molecule has 0 atom stereocenters. The zero-order chi connectivity index (χ0) is 14.3. The van der Waals surface area contributed by atoms with Crippen molar-refractivity contribution in [3.05, 3.63) is 46.6 Å². The SMILES string of the molecule is C=CCCC1=C(C)CC2=C(C=C(C)CC2)CC1.CC. The Bertz CT molecular complexity index is 402. The third-order valence-corrected chi connectivity index (χ3v) is 4.12. The first-order chi connectivity index (χ1) is 9.20. The van der Waals surface area contributed by atoms with Crippen molar-refractivity contribution in [2.75, 3.05) is 0 Å². The minimum absolute atomic E-state index is 1.13. The Kier molecular flexibility index (Phi) is 6.91. The van der Waals surface area contributed by atoms with E-state index in [1.54, 1.807) is 27.9 Å². The fraction of sp³-hybridized carbons (Fsp3) is 0.579. The molecule has 0 aromatic carbocycles. The molecule has 0 saturated carbocycles. The van der Waals surface area contributed by atoms with Gasteiger partial charge >= 0.3 is 0 Å². The first kappa shape index (κ1) is 16.0. The van der Waals surface area contributed by atoms with E-state index in [4.69, 9.17) is 0 Å². The van der Waals surface area contributed by atoms with Crippen LogP contribution < -0.4 is 0 Å². The molecule has 0 fully saturated rings. The molecule has 2 rings (SSSR count). The largest absolute Gasteiger partial charge is 0.103 e. The average molecular weight is 258 g/mol. The van der Waals surface area contributed by atoms with Crippen LogP contribution in [-0.4, -0.2) is 0 Å².